The number of nitrogens with zero attached hydrogens (tertiary/aromatic N) is 2. The first-order valence-electron chi connectivity index (χ1n) is 5.45. The molecule has 0 atom stereocenters. The largest absolute Gasteiger partial charge is 0.378 e. The van der Waals surface area contributed by atoms with Crippen molar-refractivity contribution in [3.8, 4) is 0 Å². The summed E-state index contributed by atoms with van der Waals surface area (Å²) in [4.78, 5) is 8.27. The highest BCUT2D eigenvalue weighted by Crippen LogP contribution is 2.25. The summed E-state index contributed by atoms with van der Waals surface area (Å²) >= 11 is 6.02. The fourth-order valence-corrected chi connectivity index (χ4v) is 2.31. The van der Waals surface area contributed by atoms with Gasteiger partial charge in [-0.3, -0.25) is 9.97 Å². The molecule has 0 spiro atoms. The number of benzene rings is 1. The van der Waals surface area contributed by atoms with Gasteiger partial charge in [0.25, 0.3) is 0 Å². The van der Waals surface area contributed by atoms with Crippen LogP contribution in [0.3, 0.4) is 0 Å². The summed E-state index contributed by atoms with van der Waals surface area (Å²) in [5, 5.41) is 3.50. The molecular weight excluding hydrogens is 286 g/mol. The van der Waals surface area contributed by atoms with Crippen LogP contribution in [0.4, 0.5) is 5.69 Å². The highest BCUT2D eigenvalue weighted by molar-refractivity contribution is 7.90. The summed E-state index contributed by atoms with van der Waals surface area (Å²) in [6.07, 6.45) is 5.95. The number of hydrogen-bond acceptors (Lipinski definition) is 5. The number of sulfone groups is 1. The maximum absolute atomic E-state index is 11.5. The van der Waals surface area contributed by atoms with Gasteiger partial charge >= 0.3 is 0 Å². The molecule has 1 aromatic heterocycles. The number of anilines is 1. The van der Waals surface area contributed by atoms with Crippen molar-refractivity contribution < 1.29 is 8.42 Å². The summed E-state index contributed by atoms with van der Waals surface area (Å²) in [5.74, 6) is 0. The molecule has 0 bridgehead atoms. The van der Waals surface area contributed by atoms with Crippen LogP contribution in [0.15, 0.2) is 41.7 Å². The first-order valence-corrected chi connectivity index (χ1v) is 7.72. The van der Waals surface area contributed by atoms with E-state index in [1.807, 2.05) is 0 Å². The van der Waals surface area contributed by atoms with E-state index in [0.29, 0.717) is 17.3 Å². The quantitative estimate of drug-likeness (QED) is 0.936. The van der Waals surface area contributed by atoms with E-state index in [1.54, 1.807) is 24.7 Å². The third-order valence-corrected chi connectivity index (χ3v) is 3.88. The van der Waals surface area contributed by atoms with Crippen LogP contribution in [-0.2, 0) is 16.4 Å². The fourth-order valence-electron chi connectivity index (χ4n) is 1.48. The Morgan fingerprint density at radius 1 is 1.32 bits per heavy atom. The molecule has 100 valence electrons. The van der Waals surface area contributed by atoms with E-state index in [1.165, 1.54) is 12.1 Å². The van der Waals surface area contributed by atoms with Crippen molar-refractivity contribution in [2.24, 2.45) is 0 Å². The normalized spacial score (nSPS) is 11.3. The van der Waals surface area contributed by atoms with Crippen molar-refractivity contribution in [2.45, 2.75) is 11.4 Å². The van der Waals surface area contributed by atoms with Gasteiger partial charge in [0.05, 0.1) is 34.0 Å². The van der Waals surface area contributed by atoms with Crippen LogP contribution < -0.4 is 5.32 Å². The van der Waals surface area contributed by atoms with Crippen molar-refractivity contribution >= 4 is 27.1 Å². The Morgan fingerprint density at radius 3 is 2.74 bits per heavy atom. The number of aromatic nitrogens is 2. The van der Waals surface area contributed by atoms with Gasteiger partial charge in [-0.2, -0.15) is 0 Å². The average molecular weight is 298 g/mol. The van der Waals surface area contributed by atoms with Gasteiger partial charge in [-0.05, 0) is 18.2 Å². The summed E-state index contributed by atoms with van der Waals surface area (Å²) < 4.78 is 23.0. The summed E-state index contributed by atoms with van der Waals surface area (Å²) in [6, 6.07) is 4.54. The number of hydrogen-bond donors (Lipinski definition) is 1. The molecule has 0 fully saturated rings. The van der Waals surface area contributed by atoms with Crippen molar-refractivity contribution in [3.05, 3.63) is 47.5 Å². The Balaban J connectivity index is 2.21. The molecule has 7 heteroatoms. The van der Waals surface area contributed by atoms with Gasteiger partial charge in [0.1, 0.15) is 0 Å². The zero-order valence-corrected chi connectivity index (χ0v) is 11.7. The van der Waals surface area contributed by atoms with E-state index in [0.717, 1.165) is 11.9 Å². The van der Waals surface area contributed by atoms with Crippen LogP contribution in [0.25, 0.3) is 0 Å². The van der Waals surface area contributed by atoms with Crippen LogP contribution in [0.2, 0.25) is 5.02 Å². The zero-order valence-electron chi connectivity index (χ0n) is 10.2. The van der Waals surface area contributed by atoms with E-state index in [9.17, 15) is 8.42 Å². The predicted octanol–water partition coefficient (Wildman–Crippen LogP) is 2.15. The minimum absolute atomic E-state index is 0.221. The Bertz CT molecular complexity index is 675. The maximum atomic E-state index is 11.5. The molecule has 2 rings (SSSR count). The molecule has 0 aliphatic rings. The summed E-state index contributed by atoms with van der Waals surface area (Å²) in [7, 11) is -3.25. The second-order valence-corrected chi connectivity index (χ2v) is 6.39. The average Bonchev–Trinajstić information content (AvgIpc) is 2.37. The van der Waals surface area contributed by atoms with E-state index in [2.05, 4.69) is 15.3 Å². The molecule has 0 unspecified atom stereocenters. The maximum Gasteiger partial charge on any atom is 0.175 e. The van der Waals surface area contributed by atoms with Crippen LogP contribution in [0.1, 0.15) is 5.69 Å². The highest BCUT2D eigenvalue weighted by Gasteiger charge is 2.10. The zero-order chi connectivity index (χ0) is 13.9. The van der Waals surface area contributed by atoms with Crippen LogP contribution >= 0.6 is 11.6 Å². The van der Waals surface area contributed by atoms with Gasteiger partial charge in [-0.1, -0.05) is 11.6 Å². The monoisotopic (exact) mass is 297 g/mol. The third kappa shape index (κ3) is 3.65. The first-order chi connectivity index (χ1) is 8.97. The molecule has 0 aliphatic carbocycles. The lowest BCUT2D eigenvalue weighted by Crippen LogP contribution is -2.04. The van der Waals surface area contributed by atoms with E-state index >= 15 is 0 Å². The number of nitrogens with one attached hydrogen (secondary N) is 1. The number of rotatable bonds is 4. The second-order valence-electron chi connectivity index (χ2n) is 3.96. The minimum Gasteiger partial charge on any atom is -0.378 e. The Labute approximate surface area is 116 Å². The second kappa shape index (κ2) is 5.54. The SMILES string of the molecule is CS(=O)(=O)c1ccc(Cl)c(NCc2cnccn2)c1. The highest BCUT2D eigenvalue weighted by atomic mass is 35.5. The molecule has 1 aromatic carbocycles. The lowest BCUT2D eigenvalue weighted by molar-refractivity contribution is 0.602. The predicted molar refractivity (Wildman–Crippen MR) is 73.9 cm³/mol. The van der Waals surface area contributed by atoms with Crippen LogP contribution in [-0.4, -0.2) is 24.6 Å². The van der Waals surface area contributed by atoms with Gasteiger partial charge in [-0.15, -0.1) is 0 Å². The van der Waals surface area contributed by atoms with Gasteiger partial charge in [0.15, 0.2) is 9.84 Å². The molecule has 1 N–H and O–H groups in total. The fraction of sp³-hybridized carbons (Fsp3) is 0.167. The first kappa shape index (κ1) is 13.8. The molecule has 0 saturated heterocycles. The summed E-state index contributed by atoms with van der Waals surface area (Å²) in [5.41, 5.74) is 1.29. The molecule has 2 aromatic rings. The molecule has 0 amide bonds. The molecular formula is C12H12ClN3O2S. The lowest BCUT2D eigenvalue weighted by atomic mass is 10.3. The van der Waals surface area contributed by atoms with Crippen LogP contribution in [0, 0.1) is 0 Å². The number of halogens is 1. The van der Waals surface area contributed by atoms with E-state index in [-0.39, 0.29) is 4.90 Å². The molecule has 19 heavy (non-hydrogen) atoms. The lowest BCUT2D eigenvalue weighted by Gasteiger charge is -2.09. The Hall–Kier alpha value is -1.66. The van der Waals surface area contributed by atoms with Crippen LogP contribution in [0.5, 0.6) is 0 Å². The topological polar surface area (TPSA) is 72.0 Å². The standard InChI is InChI=1S/C12H12ClN3O2S/c1-19(17,18)10-2-3-11(13)12(6-10)16-8-9-7-14-4-5-15-9/h2-7,16H,8H2,1H3. The van der Waals surface area contributed by atoms with Gasteiger partial charge in [0.2, 0.25) is 0 Å². The molecule has 5 nitrogen and oxygen atoms in total. The Kier molecular flexibility index (Phi) is 4.01. The molecule has 0 aliphatic heterocycles. The van der Waals surface area contributed by atoms with Crippen molar-refractivity contribution in [2.75, 3.05) is 11.6 Å². The van der Waals surface area contributed by atoms with Gasteiger partial charge < -0.3 is 5.32 Å². The molecule has 0 saturated carbocycles. The van der Waals surface area contributed by atoms with E-state index < -0.39 is 9.84 Å². The van der Waals surface area contributed by atoms with Gasteiger partial charge in [0, 0.05) is 18.6 Å². The van der Waals surface area contributed by atoms with Crippen molar-refractivity contribution in [1.82, 2.24) is 9.97 Å². The smallest absolute Gasteiger partial charge is 0.175 e. The van der Waals surface area contributed by atoms with Crippen molar-refractivity contribution in [3.63, 3.8) is 0 Å². The van der Waals surface area contributed by atoms with Crippen molar-refractivity contribution in [1.29, 1.82) is 0 Å². The van der Waals surface area contributed by atoms with E-state index in [4.69, 9.17) is 11.6 Å². The Morgan fingerprint density at radius 2 is 2.11 bits per heavy atom. The molecule has 0 radical (unpaired) electrons. The summed E-state index contributed by atoms with van der Waals surface area (Å²) in [6.45, 7) is 0.417. The molecule has 1 heterocycles. The van der Waals surface area contributed by atoms with Gasteiger partial charge in [-0.25, -0.2) is 8.42 Å². The minimum atomic E-state index is -3.25. The third-order valence-electron chi connectivity index (χ3n) is 2.44.